The van der Waals surface area contributed by atoms with E-state index in [1.807, 2.05) is 4.90 Å². The standard InChI is InChI=1S/C17H25N3O2/c1-14-3-5-15(6-4-14)7-8-17(22)20-11-9-19(10-12-20)13-16(21)18-2/h3-6H,7-13H2,1-2H3,(H,18,21). The number of piperazine rings is 1. The first-order chi connectivity index (χ1) is 10.6. The predicted molar refractivity (Wildman–Crippen MR) is 86.6 cm³/mol. The van der Waals surface area contributed by atoms with Crippen molar-refractivity contribution in [3.63, 3.8) is 0 Å². The van der Waals surface area contributed by atoms with Crippen LogP contribution in [0.25, 0.3) is 0 Å². The van der Waals surface area contributed by atoms with Gasteiger partial charge in [-0.05, 0) is 18.9 Å². The van der Waals surface area contributed by atoms with Crippen LogP contribution in [0, 0.1) is 6.92 Å². The maximum Gasteiger partial charge on any atom is 0.233 e. The van der Waals surface area contributed by atoms with Crippen molar-refractivity contribution in [2.75, 3.05) is 39.8 Å². The molecule has 0 unspecified atom stereocenters. The predicted octanol–water partition coefficient (Wildman–Crippen LogP) is 0.818. The SMILES string of the molecule is CNC(=O)CN1CCN(C(=O)CCc2ccc(C)cc2)CC1. The minimum Gasteiger partial charge on any atom is -0.358 e. The molecule has 1 aromatic carbocycles. The summed E-state index contributed by atoms with van der Waals surface area (Å²) in [6.45, 7) is 5.44. The summed E-state index contributed by atoms with van der Waals surface area (Å²) in [5.74, 6) is 0.235. The molecule has 2 rings (SSSR count). The van der Waals surface area contributed by atoms with Crippen LogP contribution in [0.3, 0.4) is 0 Å². The molecule has 1 aliphatic rings. The maximum atomic E-state index is 12.3. The van der Waals surface area contributed by atoms with E-state index in [1.165, 1.54) is 11.1 Å². The van der Waals surface area contributed by atoms with Crippen molar-refractivity contribution in [1.82, 2.24) is 15.1 Å². The number of amides is 2. The van der Waals surface area contributed by atoms with E-state index >= 15 is 0 Å². The zero-order valence-electron chi connectivity index (χ0n) is 13.5. The molecule has 0 aromatic heterocycles. The smallest absolute Gasteiger partial charge is 0.233 e. The Morgan fingerprint density at radius 3 is 2.32 bits per heavy atom. The van der Waals surface area contributed by atoms with Crippen molar-refractivity contribution in [3.05, 3.63) is 35.4 Å². The molecule has 0 atom stereocenters. The van der Waals surface area contributed by atoms with Gasteiger partial charge < -0.3 is 10.2 Å². The van der Waals surface area contributed by atoms with E-state index in [4.69, 9.17) is 0 Å². The number of benzene rings is 1. The van der Waals surface area contributed by atoms with Crippen molar-refractivity contribution in [2.24, 2.45) is 0 Å². The zero-order chi connectivity index (χ0) is 15.9. The second-order valence-electron chi connectivity index (χ2n) is 5.82. The third-order valence-electron chi connectivity index (χ3n) is 4.12. The molecule has 120 valence electrons. The average Bonchev–Trinajstić information content (AvgIpc) is 2.54. The number of hydrogen-bond donors (Lipinski definition) is 1. The van der Waals surface area contributed by atoms with Gasteiger partial charge in [-0.2, -0.15) is 0 Å². The molecule has 1 heterocycles. The van der Waals surface area contributed by atoms with Gasteiger partial charge in [0.1, 0.15) is 0 Å². The van der Waals surface area contributed by atoms with Gasteiger partial charge in [-0.1, -0.05) is 29.8 Å². The van der Waals surface area contributed by atoms with Gasteiger partial charge in [-0.15, -0.1) is 0 Å². The summed E-state index contributed by atoms with van der Waals surface area (Å²) in [7, 11) is 1.65. The molecular formula is C17H25N3O2. The first-order valence-corrected chi connectivity index (χ1v) is 7.85. The number of hydrogen-bond acceptors (Lipinski definition) is 3. The fraction of sp³-hybridized carbons (Fsp3) is 0.529. The van der Waals surface area contributed by atoms with E-state index in [0.717, 1.165) is 19.5 Å². The fourth-order valence-corrected chi connectivity index (χ4v) is 2.60. The van der Waals surface area contributed by atoms with E-state index in [9.17, 15) is 9.59 Å². The van der Waals surface area contributed by atoms with Crippen molar-refractivity contribution < 1.29 is 9.59 Å². The van der Waals surface area contributed by atoms with Gasteiger partial charge in [-0.3, -0.25) is 14.5 Å². The molecule has 1 saturated heterocycles. The Labute approximate surface area is 132 Å². The summed E-state index contributed by atoms with van der Waals surface area (Å²) in [5, 5.41) is 2.63. The first-order valence-electron chi connectivity index (χ1n) is 7.85. The van der Waals surface area contributed by atoms with Crippen LogP contribution in [0.15, 0.2) is 24.3 Å². The lowest BCUT2D eigenvalue weighted by atomic mass is 10.1. The van der Waals surface area contributed by atoms with Gasteiger partial charge in [-0.25, -0.2) is 0 Å². The average molecular weight is 303 g/mol. The molecule has 5 nitrogen and oxygen atoms in total. The lowest BCUT2D eigenvalue weighted by Crippen LogP contribution is -2.50. The maximum absolute atomic E-state index is 12.3. The monoisotopic (exact) mass is 303 g/mol. The Bertz CT molecular complexity index is 505. The van der Waals surface area contributed by atoms with Crippen molar-refractivity contribution in [3.8, 4) is 0 Å². The summed E-state index contributed by atoms with van der Waals surface area (Å²) >= 11 is 0. The van der Waals surface area contributed by atoms with Crippen LogP contribution in [-0.4, -0.2) is 61.4 Å². The molecule has 22 heavy (non-hydrogen) atoms. The number of nitrogens with zero attached hydrogens (tertiary/aromatic N) is 2. The van der Waals surface area contributed by atoms with Gasteiger partial charge in [0.25, 0.3) is 0 Å². The van der Waals surface area contributed by atoms with Crippen LogP contribution in [0.5, 0.6) is 0 Å². The van der Waals surface area contributed by atoms with E-state index in [-0.39, 0.29) is 11.8 Å². The van der Waals surface area contributed by atoms with Gasteiger partial charge >= 0.3 is 0 Å². The highest BCUT2D eigenvalue weighted by Gasteiger charge is 2.21. The molecule has 2 amide bonds. The second-order valence-corrected chi connectivity index (χ2v) is 5.82. The van der Waals surface area contributed by atoms with Crippen molar-refractivity contribution in [1.29, 1.82) is 0 Å². The number of carbonyl (C=O) groups excluding carboxylic acids is 2. The van der Waals surface area contributed by atoms with Crippen LogP contribution >= 0.6 is 0 Å². The molecule has 1 aliphatic heterocycles. The summed E-state index contributed by atoms with van der Waals surface area (Å²) in [6.07, 6.45) is 1.34. The number of carbonyl (C=O) groups is 2. The van der Waals surface area contributed by atoms with E-state index in [2.05, 4.69) is 41.4 Å². The Morgan fingerprint density at radius 1 is 1.09 bits per heavy atom. The van der Waals surface area contributed by atoms with Gasteiger partial charge in [0, 0.05) is 39.6 Å². The highest BCUT2D eigenvalue weighted by molar-refractivity contribution is 5.78. The van der Waals surface area contributed by atoms with Crippen LogP contribution in [-0.2, 0) is 16.0 Å². The Morgan fingerprint density at radius 2 is 1.73 bits per heavy atom. The topological polar surface area (TPSA) is 52.7 Å². The summed E-state index contributed by atoms with van der Waals surface area (Å²) in [6, 6.07) is 8.34. The molecular weight excluding hydrogens is 278 g/mol. The van der Waals surface area contributed by atoms with Crippen molar-refractivity contribution in [2.45, 2.75) is 19.8 Å². The lowest BCUT2D eigenvalue weighted by molar-refractivity contribution is -0.133. The lowest BCUT2D eigenvalue weighted by Gasteiger charge is -2.34. The first kappa shape index (κ1) is 16.5. The molecule has 0 spiro atoms. The van der Waals surface area contributed by atoms with E-state index in [1.54, 1.807) is 7.05 Å². The third-order valence-corrected chi connectivity index (χ3v) is 4.12. The molecule has 0 aliphatic carbocycles. The van der Waals surface area contributed by atoms with E-state index < -0.39 is 0 Å². The third kappa shape index (κ3) is 4.84. The van der Waals surface area contributed by atoms with Gasteiger partial charge in [0.15, 0.2) is 0 Å². The van der Waals surface area contributed by atoms with Gasteiger partial charge in [0.2, 0.25) is 11.8 Å². The highest BCUT2D eigenvalue weighted by atomic mass is 16.2. The molecule has 0 bridgehead atoms. The molecule has 1 aromatic rings. The van der Waals surface area contributed by atoms with Gasteiger partial charge in [0.05, 0.1) is 6.54 Å². The quantitative estimate of drug-likeness (QED) is 0.876. The van der Waals surface area contributed by atoms with Crippen molar-refractivity contribution >= 4 is 11.8 Å². The summed E-state index contributed by atoms with van der Waals surface area (Å²) in [4.78, 5) is 27.6. The zero-order valence-corrected chi connectivity index (χ0v) is 13.5. The minimum absolute atomic E-state index is 0.0270. The fourth-order valence-electron chi connectivity index (χ4n) is 2.60. The largest absolute Gasteiger partial charge is 0.358 e. The highest BCUT2D eigenvalue weighted by Crippen LogP contribution is 2.09. The van der Waals surface area contributed by atoms with Crippen LogP contribution in [0.2, 0.25) is 0 Å². The molecule has 1 N–H and O–H groups in total. The Hall–Kier alpha value is -1.88. The number of nitrogens with one attached hydrogen (secondary N) is 1. The van der Waals surface area contributed by atoms with Crippen LogP contribution < -0.4 is 5.32 Å². The molecule has 0 saturated carbocycles. The summed E-state index contributed by atoms with van der Waals surface area (Å²) in [5.41, 5.74) is 2.44. The Kier molecular flexibility index (Phi) is 5.95. The Balaban J connectivity index is 1.73. The number of rotatable bonds is 5. The second kappa shape index (κ2) is 7.94. The molecule has 5 heteroatoms. The molecule has 0 radical (unpaired) electrons. The number of aryl methyl sites for hydroxylation is 2. The number of likely N-dealkylation sites (N-methyl/N-ethyl adjacent to an activating group) is 1. The van der Waals surface area contributed by atoms with Crippen LogP contribution in [0.1, 0.15) is 17.5 Å². The van der Waals surface area contributed by atoms with E-state index in [0.29, 0.717) is 26.1 Å². The molecule has 1 fully saturated rings. The minimum atomic E-state index is 0.0270. The van der Waals surface area contributed by atoms with Crippen LogP contribution in [0.4, 0.5) is 0 Å². The summed E-state index contributed by atoms with van der Waals surface area (Å²) < 4.78 is 0. The normalized spacial score (nSPS) is 15.6.